The molecule has 0 bridgehead atoms. The second-order valence-corrected chi connectivity index (χ2v) is 7.62. The number of anilines is 1. The molecule has 8 heteroatoms. The minimum Gasteiger partial charge on any atom is -0.372 e. The van der Waals surface area contributed by atoms with Gasteiger partial charge in [0.25, 0.3) is 5.91 Å². The summed E-state index contributed by atoms with van der Waals surface area (Å²) in [5.74, 6) is 0.523. The third kappa shape index (κ3) is 5.70. The highest BCUT2D eigenvalue weighted by molar-refractivity contribution is 7.98. The molecule has 0 aliphatic carbocycles. The van der Waals surface area contributed by atoms with Crippen LogP contribution in [0.2, 0.25) is 0 Å². The molecule has 0 fully saturated rings. The molecule has 0 saturated carbocycles. The second kappa shape index (κ2) is 10.6. The van der Waals surface area contributed by atoms with Crippen LogP contribution in [0.1, 0.15) is 35.3 Å². The number of nitrogens with one attached hydrogen (secondary N) is 1. The van der Waals surface area contributed by atoms with Gasteiger partial charge in [-0.15, -0.1) is 10.2 Å². The van der Waals surface area contributed by atoms with E-state index >= 15 is 0 Å². The summed E-state index contributed by atoms with van der Waals surface area (Å²) in [6.07, 6.45) is 3.32. The Morgan fingerprint density at radius 2 is 1.83 bits per heavy atom. The van der Waals surface area contributed by atoms with E-state index in [1.54, 1.807) is 36.4 Å². The van der Waals surface area contributed by atoms with Gasteiger partial charge >= 0.3 is 0 Å². The highest BCUT2D eigenvalue weighted by Gasteiger charge is 2.06. The maximum Gasteiger partial charge on any atom is 0.271 e. The Bertz CT molecular complexity index is 978. The van der Waals surface area contributed by atoms with Crippen molar-refractivity contribution in [2.24, 2.45) is 12.1 Å². The van der Waals surface area contributed by atoms with Gasteiger partial charge in [0, 0.05) is 37.1 Å². The van der Waals surface area contributed by atoms with Crippen molar-refractivity contribution in [3.8, 4) is 0 Å². The van der Waals surface area contributed by atoms with Crippen molar-refractivity contribution >= 4 is 29.6 Å². The van der Waals surface area contributed by atoms with Crippen molar-refractivity contribution in [3.05, 3.63) is 71.5 Å². The zero-order valence-electron chi connectivity index (χ0n) is 17.4. The number of aryl methyl sites for hydroxylation is 1. The van der Waals surface area contributed by atoms with Crippen LogP contribution in [0.4, 0.5) is 5.69 Å². The first-order valence-electron chi connectivity index (χ1n) is 9.84. The smallest absolute Gasteiger partial charge is 0.271 e. The molecule has 0 aliphatic rings. The zero-order chi connectivity index (χ0) is 21.3. The summed E-state index contributed by atoms with van der Waals surface area (Å²) < 4.78 is 1.88. The quantitative estimate of drug-likeness (QED) is 0.323. The Labute approximate surface area is 181 Å². The van der Waals surface area contributed by atoms with Crippen molar-refractivity contribution in [1.82, 2.24) is 20.2 Å². The summed E-state index contributed by atoms with van der Waals surface area (Å²) in [5.41, 5.74) is 6.37. The topological polar surface area (TPSA) is 75.4 Å². The minimum absolute atomic E-state index is 0.237. The van der Waals surface area contributed by atoms with Crippen LogP contribution in [0.15, 0.2) is 65.1 Å². The van der Waals surface area contributed by atoms with Crippen molar-refractivity contribution in [1.29, 1.82) is 0 Å². The van der Waals surface area contributed by atoms with Crippen LogP contribution in [-0.4, -0.2) is 40.0 Å². The summed E-state index contributed by atoms with van der Waals surface area (Å²) >= 11 is 1.60. The first-order chi connectivity index (χ1) is 14.6. The molecule has 1 aromatic heterocycles. The van der Waals surface area contributed by atoms with Crippen LogP contribution in [-0.2, 0) is 12.8 Å². The molecule has 156 valence electrons. The number of hydrazone groups is 1. The van der Waals surface area contributed by atoms with Gasteiger partial charge in [0.1, 0.15) is 6.33 Å². The largest absolute Gasteiger partial charge is 0.372 e. The molecule has 0 unspecified atom stereocenters. The third-order valence-electron chi connectivity index (χ3n) is 4.66. The summed E-state index contributed by atoms with van der Waals surface area (Å²) in [4.78, 5) is 14.6. The molecule has 3 aromatic rings. The molecule has 1 amide bonds. The average Bonchev–Trinajstić information content (AvgIpc) is 3.19. The van der Waals surface area contributed by atoms with Gasteiger partial charge in [0.15, 0.2) is 5.16 Å². The van der Waals surface area contributed by atoms with Crippen molar-refractivity contribution in [3.63, 3.8) is 0 Å². The number of benzene rings is 2. The number of amides is 1. The number of rotatable bonds is 9. The molecule has 0 aliphatic heterocycles. The van der Waals surface area contributed by atoms with Gasteiger partial charge < -0.3 is 9.47 Å². The highest BCUT2D eigenvalue weighted by Crippen LogP contribution is 2.20. The Balaban J connectivity index is 1.51. The molecule has 0 spiro atoms. The van der Waals surface area contributed by atoms with Gasteiger partial charge in [0.2, 0.25) is 0 Å². The van der Waals surface area contributed by atoms with Crippen LogP contribution in [0.25, 0.3) is 0 Å². The Morgan fingerprint density at radius 3 is 2.43 bits per heavy atom. The number of thioether (sulfide) groups is 1. The predicted octanol–water partition coefficient (Wildman–Crippen LogP) is 3.72. The van der Waals surface area contributed by atoms with Gasteiger partial charge in [-0.3, -0.25) is 4.79 Å². The molecule has 1 heterocycles. The van der Waals surface area contributed by atoms with E-state index in [2.05, 4.69) is 51.6 Å². The first-order valence-corrected chi connectivity index (χ1v) is 10.8. The lowest BCUT2D eigenvalue weighted by molar-refractivity contribution is 0.0955. The molecule has 2 aromatic carbocycles. The van der Waals surface area contributed by atoms with Crippen LogP contribution < -0.4 is 10.3 Å². The van der Waals surface area contributed by atoms with E-state index in [1.165, 1.54) is 5.69 Å². The second-order valence-electron chi connectivity index (χ2n) is 6.67. The van der Waals surface area contributed by atoms with E-state index < -0.39 is 0 Å². The van der Waals surface area contributed by atoms with Gasteiger partial charge in [-0.25, -0.2) is 5.43 Å². The monoisotopic (exact) mass is 422 g/mol. The molecular weight excluding hydrogens is 396 g/mol. The standard InChI is InChI=1S/C22H26N6OS/c1-4-28(5-2)20-12-8-17(9-13-20)14-23-25-21(29)19-10-6-18(7-11-19)15-30-22-26-24-16-27(22)3/h6-14,16H,4-5,15H2,1-3H3,(H,25,29)/b23-14-. The summed E-state index contributed by atoms with van der Waals surface area (Å²) in [7, 11) is 1.91. The SMILES string of the molecule is CCN(CC)c1ccc(/C=N\NC(=O)c2ccc(CSc3nncn3C)cc2)cc1. The van der Waals surface area contributed by atoms with E-state index in [4.69, 9.17) is 0 Å². The van der Waals surface area contributed by atoms with Gasteiger partial charge in [-0.2, -0.15) is 5.10 Å². The van der Waals surface area contributed by atoms with E-state index in [1.807, 2.05) is 35.9 Å². The van der Waals surface area contributed by atoms with Crippen molar-refractivity contribution in [2.45, 2.75) is 24.8 Å². The third-order valence-corrected chi connectivity index (χ3v) is 5.76. The maximum absolute atomic E-state index is 12.3. The van der Waals surface area contributed by atoms with E-state index in [0.29, 0.717) is 5.56 Å². The fourth-order valence-electron chi connectivity index (χ4n) is 2.89. The molecule has 30 heavy (non-hydrogen) atoms. The maximum atomic E-state index is 12.3. The van der Waals surface area contributed by atoms with Crippen LogP contribution >= 0.6 is 11.8 Å². The number of carbonyl (C=O) groups excluding carboxylic acids is 1. The van der Waals surface area contributed by atoms with Crippen LogP contribution in [0.5, 0.6) is 0 Å². The molecular formula is C22H26N6OS. The zero-order valence-corrected chi connectivity index (χ0v) is 18.3. The highest BCUT2D eigenvalue weighted by atomic mass is 32.2. The Morgan fingerprint density at radius 1 is 1.13 bits per heavy atom. The summed E-state index contributed by atoms with van der Waals surface area (Å²) in [6.45, 7) is 6.21. The molecule has 0 radical (unpaired) electrons. The lowest BCUT2D eigenvalue weighted by Crippen LogP contribution is -2.21. The normalized spacial score (nSPS) is 11.0. The van der Waals surface area contributed by atoms with E-state index in [9.17, 15) is 4.79 Å². The molecule has 7 nitrogen and oxygen atoms in total. The summed E-state index contributed by atoms with van der Waals surface area (Å²) in [6, 6.07) is 15.6. The number of hydrogen-bond acceptors (Lipinski definition) is 6. The average molecular weight is 423 g/mol. The number of carbonyl (C=O) groups is 1. The lowest BCUT2D eigenvalue weighted by atomic mass is 10.1. The number of aromatic nitrogens is 3. The molecule has 1 N–H and O–H groups in total. The van der Waals surface area contributed by atoms with Crippen molar-refractivity contribution < 1.29 is 4.79 Å². The summed E-state index contributed by atoms with van der Waals surface area (Å²) in [5, 5.41) is 12.8. The fraction of sp³-hybridized carbons (Fsp3) is 0.273. The predicted molar refractivity (Wildman–Crippen MR) is 122 cm³/mol. The van der Waals surface area contributed by atoms with Gasteiger partial charge in [-0.05, 0) is 49.2 Å². The molecule has 0 saturated heterocycles. The van der Waals surface area contributed by atoms with Gasteiger partial charge in [-0.1, -0.05) is 36.0 Å². The van der Waals surface area contributed by atoms with Crippen molar-refractivity contribution in [2.75, 3.05) is 18.0 Å². The minimum atomic E-state index is -0.237. The fourth-order valence-corrected chi connectivity index (χ4v) is 3.74. The van der Waals surface area contributed by atoms with Gasteiger partial charge in [0.05, 0.1) is 6.21 Å². The molecule has 3 rings (SSSR count). The lowest BCUT2D eigenvalue weighted by Gasteiger charge is -2.20. The van der Waals surface area contributed by atoms with E-state index in [-0.39, 0.29) is 5.91 Å². The number of nitrogens with zero attached hydrogens (tertiary/aromatic N) is 5. The molecule has 0 atom stereocenters. The van der Waals surface area contributed by atoms with Crippen LogP contribution in [0.3, 0.4) is 0 Å². The van der Waals surface area contributed by atoms with Crippen LogP contribution in [0, 0.1) is 0 Å². The number of hydrogen-bond donors (Lipinski definition) is 1. The Hall–Kier alpha value is -3.13. The Kier molecular flexibility index (Phi) is 7.62. The van der Waals surface area contributed by atoms with E-state index in [0.717, 1.165) is 35.1 Å². The first kappa shape index (κ1) is 21.6.